The lowest BCUT2D eigenvalue weighted by Crippen LogP contribution is -2.21. The fourth-order valence-corrected chi connectivity index (χ4v) is 2.34. The van der Waals surface area contributed by atoms with Crippen molar-refractivity contribution in [1.82, 2.24) is 0 Å². The van der Waals surface area contributed by atoms with Gasteiger partial charge in [0, 0.05) is 0 Å². The SMILES string of the molecule is CCC[S+]([O-])C(/C=C/C(C)=O)CC. The number of rotatable bonds is 6. The minimum absolute atomic E-state index is 0.0203. The van der Waals surface area contributed by atoms with Crippen molar-refractivity contribution in [1.29, 1.82) is 0 Å². The van der Waals surface area contributed by atoms with Crippen molar-refractivity contribution < 1.29 is 9.35 Å². The molecule has 0 aromatic heterocycles. The van der Waals surface area contributed by atoms with E-state index in [1.165, 1.54) is 13.0 Å². The first-order valence-electron chi connectivity index (χ1n) is 4.67. The molecule has 76 valence electrons. The highest BCUT2D eigenvalue weighted by Crippen LogP contribution is 2.10. The van der Waals surface area contributed by atoms with Crippen molar-refractivity contribution in [3.63, 3.8) is 0 Å². The fourth-order valence-electron chi connectivity index (χ4n) is 1.00. The van der Waals surface area contributed by atoms with Crippen LogP contribution in [0.15, 0.2) is 12.2 Å². The maximum absolute atomic E-state index is 11.5. The van der Waals surface area contributed by atoms with Crippen molar-refractivity contribution in [3.05, 3.63) is 12.2 Å². The van der Waals surface area contributed by atoms with Crippen LogP contribution in [0.25, 0.3) is 0 Å². The van der Waals surface area contributed by atoms with Gasteiger partial charge in [-0.15, -0.1) is 0 Å². The van der Waals surface area contributed by atoms with Gasteiger partial charge in [0.2, 0.25) is 0 Å². The third-order valence-electron chi connectivity index (χ3n) is 1.69. The molecule has 0 aromatic carbocycles. The van der Waals surface area contributed by atoms with E-state index in [0.29, 0.717) is 0 Å². The number of carbonyl (C=O) groups excluding carboxylic acids is 1. The summed E-state index contributed by atoms with van der Waals surface area (Å²) in [6, 6.07) is 0. The predicted octanol–water partition coefficient (Wildman–Crippen LogP) is 2.07. The van der Waals surface area contributed by atoms with Crippen molar-refractivity contribution in [2.75, 3.05) is 5.75 Å². The molecular weight excluding hydrogens is 184 g/mol. The molecule has 0 aliphatic heterocycles. The number of hydrogen-bond donors (Lipinski definition) is 0. The smallest absolute Gasteiger partial charge is 0.152 e. The van der Waals surface area contributed by atoms with Crippen LogP contribution in [-0.2, 0) is 16.0 Å². The van der Waals surface area contributed by atoms with Crippen molar-refractivity contribution >= 4 is 17.0 Å². The predicted molar refractivity (Wildman–Crippen MR) is 57.2 cm³/mol. The van der Waals surface area contributed by atoms with E-state index in [1.54, 1.807) is 6.08 Å². The van der Waals surface area contributed by atoms with E-state index in [-0.39, 0.29) is 11.0 Å². The number of allylic oxidation sites excluding steroid dienone is 1. The molecule has 13 heavy (non-hydrogen) atoms. The summed E-state index contributed by atoms with van der Waals surface area (Å²) in [7, 11) is 0. The van der Waals surface area contributed by atoms with Crippen LogP contribution < -0.4 is 0 Å². The first kappa shape index (κ1) is 12.7. The summed E-state index contributed by atoms with van der Waals surface area (Å²) in [6.07, 6.45) is 5.04. The molecule has 0 saturated heterocycles. The zero-order chi connectivity index (χ0) is 10.3. The Morgan fingerprint density at radius 3 is 2.54 bits per heavy atom. The Kier molecular flexibility index (Phi) is 7.00. The van der Waals surface area contributed by atoms with Gasteiger partial charge in [-0.05, 0) is 43.1 Å². The summed E-state index contributed by atoms with van der Waals surface area (Å²) >= 11 is -0.813. The first-order chi connectivity index (χ1) is 6.11. The van der Waals surface area contributed by atoms with Crippen LogP contribution >= 0.6 is 0 Å². The maximum atomic E-state index is 11.5. The molecule has 0 radical (unpaired) electrons. The van der Waals surface area contributed by atoms with Crippen molar-refractivity contribution in [3.8, 4) is 0 Å². The van der Waals surface area contributed by atoms with E-state index in [0.717, 1.165) is 18.6 Å². The lowest BCUT2D eigenvalue weighted by atomic mass is 10.3. The van der Waals surface area contributed by atoms with Crippen LogP contribution in [0.5, 0.6) is 0 Å². The van der Waals surface area contributed by atoms with Gasteiger partial charge in [0.15, 0.2) is 5.78 Å². The van der Waals surface area contributed by atoms with Crippen LogP contribution in [-0.4, -0.2) is 21.3 Å². The summed E-state index contributed by atoms with van der Waals surface area (Å²) in [5.41, 5.74) is 0. The molecule has 2 nitrogen and oxygen atoms in total. The van der Waals surface area contributed by atoms with Gasteiger partial charge in [-0.25, -0.2) is 0 Å². The molecule has 0 bridgehead atoms. The number of hydrogen-bond acceptors (Lipinski definition) is 2. The van der Waals surface area contributed by atoms with Crippen LogP contribution in [0.4, 0.5) is 0 Å². The standard InChI is InChI=1S/C10H18O2S/c1-4-8-13(12)10(5-2)7-6-9(3)11/h6-7,10H,4-5,8H2,1-3H3/b7-6+. The zero-order valence-corrected chi connectivity index (χ0v) is 9.39. The van der Waals surface area contributed by atoms with Gasteiger partial charge in [-0.1, -0.05) is 13.8 Å². The second-order valence-corrected chi connectivity index (χ2v) is 4.78. The Bertz CT molecular complexity index is 178. The molecule has 0 aliphatic carbocycles. The van der Waals surface area contributed by atoms with Gasteiger partial charge in [0.1, 0.15) is 11.0 Å². The Morgan fingerprint density at radius 1 is 1.54 bits per heavy atom. The van der Waals surface area contributed by atoms with Crippen LogP contribution in [0.2, 0.25) is 0 Å². The monoisotopic (exact) mass is 202 g/mol. The quantitative estimate of drug-likeness (QED) is 0.488. The topological polar surface area (TPSA) is 40.1 Å². The minimum atomic E-state index is -0.813. The molecule has 0 spiro atoms. The van der Waals surface area contributed by atoms with Gasteiger partial charge in [-0.3, -0.25) is 4.79 Å². The highest BCUT2D eigenvalue weighted by molar-refractivity contribution is 7.92. The maximum Gasteiger partial charge on any atom is 0.152 e. The highest BCUT2D eigenvalue weighted by atomic mass is 32.2. The van der Waals surface area contributed by atoms with E-state index >= 15 is 0 Å². The highest BCUT2D eigenvalue weighted by Gasteiger charge is 2.15. The summed E-state index contributed by atoms with van der Waals surface area (Å²) in [5, 5.41) is 0.0452. The molecule has 0 heterocycles. The lowest BCUT2D eigenvalue weighted by Gasteiger charge is -2.16. The Morgan fingerprint density at radius 2 is 2.15 bits per heavy atom. The van der Waals surface area contributed by atoms with Crippen LogP contribution in [0.1, 0.15) is 33.6 Å². The van der Waals surface area contributed by atoms with Crippen LogP contribution in [0.3, 0.4) is 0 Å². The molecule has 0 aromatic rings. The van der Waals surface area contributed by atoms with Gasteiger partial charge in [0.05, 0.1) is 0 Å². The molecule has 3 heteroatoms. The second-order valence-electron chi connectivity index (χ2n) is 3.00. The summed E-state index contributed by atoms with van der Waals surface area (Å²) < 4.78 is 11.5. The summed E-state index contributed by atoms with van der Waals surface area (Å²) in [6.45, 7) is 5.51. The molecule has 0 aliphatic rings. The number of carbonyl (C=O) groups is 1. The molecule has 2 unspecified atom stereocenters. The van der Waals surface area contributed by atoms with E-state index in [2.05, 4.69) is 0 Å². The minimum Gasteiger partial charge on any atom is -0.616 e. The van der Waals surface area contributed by atoms with E-state index in [9.17, 15) is 9.35 Å². The fraction of sp³-hybridized carbons (Fsp3) is 0.700. The molecule has 0 N–H and O–H groups in total. The molecular formula is C10H18O2S. The van der Waals surface area contributed by atoms with Gasteiger partial charge in [0.25, 0.3) is 0 Å². The Balaban J connectivity index is 4.08. The molecule has 0 saturated carbocycles. The summed E-state index contributed by atoms with van der Waals surface area (Å²) in [5.74, 6) is 0.743. The molecule has 0 amide bonds. The average Bonchev–Trinajstić information content (AvgIpc) is 2.05. The van der Waals surface area contributed by atoms with Crippen molar-refractivity contribution in [2.24, 2.45) is 0 Å². The zero-order valence-electron chi connectivity index (χ0n) is 8.58. The largest absolute Gasteiger partial charge is 0.616 e. The lowest BCUT2D eigenvalue weighted by molar-refractivity contribution is -0.112. The molecule has 0 fully saturated rings. The Labute approximate surface area is 83.6 Å². The van der Waals surface area contributed by atoms with E-state index < -0.39 is 11.2 Å². The normalized spacial score (nSPS) is 16.0. The van der Waals surface area contributed by atoms with Gasteiger partial charge in [-0.2, -0.15) is 0 Å². The van der Waals surface area contributed by atoms with Crippen molar-refractivity contribution in [2.45, 2.75) is 38.9 Å². The van der Waals surface area contributed by atoms with Crippen LogP contribution in [0, 0.1) is 0 Å². The second kappa shape index (κ2) is 7.15. The van der Waals surface area contributed by atoms with Gasteiger partial charge >= 0.3 is 0 Å². The third-order valence-corrected chi connectivity index (χ3v) is 3.67. The Hall–Kier alpha value is -0.280. The number of ketones is 1. The third kappa shape index (κ3) is 5.88. The van der Waals surface area contributed by atoms with Gasteiger partial charge < -0.3 is 4.55 Å². The molecule has 2 atom stereocenters. The first-order valence-corrected chi connectivity index (χ1v) is 6.06. The molecule has 0 rings (SSSR count). The summed E-state index contributed by atoms with van der Waals surface area (Å²) in [4.78, 5) is 10.7. The average molecular weight is 202 g/mol. The van der Waals surface area contributed by atoms with E-state index in [4.69, 9.17) is 0 Å². The van der Waals surface area contributed by atoms with E-state index in [1.807, 2.05) is 13.8 Å².